The first-order valence-corrected chi connectivity index (χ1v) is 8.23. The highest BCUT2D eigenvalue weighted by molar-refractivity contribution is 5.97. The van der Waals surface area contributed by atoms with Crippen molar-refractivity contribution >= 4 is 17.6 Å². The van der Waals surface area contributed by atoms with Gasteiger partial charge in [0.25, 0.3) is 5.91 Å². The number of anilines is 1. The molecule has 0 atom stereocenters. The van der Waals surface area contributed by atoms with E-state index < -0.39 is 40.8 Å². The van der Waals surface area contributed by atoms with Gasteiger partial charge in [0.05, 0.1) is 17.3 Å². The zero-order valence-corrected chi connectivity index (χ0v) is 15.7. The second kappa shape index (κ2) is 9.32. The van der Waals surface area contributed by atoms with Gasteiger partial charge < -0.3 is 5.73 Å². The molecule has 2 rings (SSSR count). The highest BCUT2D eigenvalue weighted by Gasteiger charge is 2.37. The highest BCUT2D eigenvalue weighted by atomic mass is 19.4. The van der Waals surface area contributed by atoms with Crippen molar-refractivity contribution in [3.05, 3.63) is 65.8 Å². The summed E-state index contributed by atoms with van der Waals surface area (Å²) in [5.74, 6) is -0.962. The van der Waals surface area contributed by atoms with E-state index in [4.69, 9.17) is 5.73 Å². The molecular weight excluding hydrogens is 432 g/mol. The molecule has 0 unspecified atom stereocenters. The van der Waals surface area contributed by atoms with Crippen LogP contribution in [0.3, 0.4) is 0 Å². The Labute approximate surface area is 171 Å². The number of hydrazone groups is 1. The van der Waals surface area contributed by atoms with Gasteiger partial charge in [-0.1, -0.05) is 0 Å². The summed E-state index contributed by atoms with van der Waals surface area (Å²) in [5, 5.41) is 4.72. The van der Waals surface area contributed by atoms with Crippen LogP contribution in [0.25, 0.3) is 0 Å². The summed E-state index contributed by atoms with van der Waals surface area (Å²) in [6.45, 7) is 0. The molecule has 0 aliphatic carbocycles. The lowest BCUT2D eigenvalue weighted by Gasteiger charge is -2.17. The molecule has 0 saturated heterocycles. The van der Waals surface area contributed by atoms with Crippen molar-refractivity contribution < 1.29 is 31.1 Å². The predicted octanol–water partition coefficient (Wildman–Crippen LogP) is 2.41. The largest absolute Gasteiger partial charge is 0.416 e. The summed E-state index contributed by atoms with van der Waals surface area (Å²) in [5.41, 5.74) is 6.38. The van der Waals surface area contributed by atoms with Crippen LogP contribution in [0.4, 0.5) is 32.2 Å². The van der Waals surface area contributed by atoms with Gasteiger partial charge in [-0.15, -0.1) is 0 Å². The monoisotopic (exact) mass is 447 g/mol. The number of carbonyl (C=O) groups excluding carboxylic acids is 1. The third kappa shape index (κ3) is 6.87. The van der Waals surface area contributed by atoms with E-state index in [0.717, 1.165) is 12.3 Å². The zero-order valence-electron chi connectivity index (χ0n) is 15.7. The van der Waals surface area contributed by atoms with Gasteiger partial charge >= 0.3 is 12.4 Å². The van der Waals surface area contributed by atoms with Crippen LogP contribution in [0.2, 0.25) is 0 Å². The van der Waals surface area contributed by atoms with Gasteiger partial charge in [0.2, 0.25) is 0 Å². The Morgan fingerprint density at radius 1 is 1.10 bits per heavy atom. The number of hydrazine groups is 1. The van der Waals surface area contributed by atoms with Gasteiger partial charge in [0.1, 0.15) is 0 Å². The Bertz CT molecular complexity index is 941. The third-order valence-electron chi connectivity index (χ3n) is 3.55. The normalized spacial score (nSPS) is 12.7. The maximum absolute atomic E-state index is 12.9. The van der Waals surface area contributed by atoms with E-state index in [1.54, 1.807) is 0 Å². The minimum Gasteiger partial charge on any atom is -0.382 e. The maximum atomic E-state index is 12.9. The summed E-state index contributed by atoms with van der Waals surface area (Å²) in [7, 11) is 1.49. The summed E-state index contributed by atoms with van der Waals surface area (Å²) in [6, 6.07) is 0.839. The second-order valence-electron chi connectivity index (χ2n) is 5.85. The molecule has 0 aliphatic rings. The van der Waals surface area contributed by atoms with Gasteiger partial charge in [0, 0.05) is 37.3 Å². The van der Waals surface area contributed by atoms with E-state index in [9.17, 15) is 31.1 Å². The number of alkyl halides is 6. The summed E-state index contributed by atoms with van der Waals surface area (Å²) >= 11 is 0. The van der Waals surface area contributed by atoms with Gasteiger partial charge in [-0.05, 0) is 18.2 Å². The number of nitrogens with one attached hydrogen (secondary N) is 2. The molecule has 1 heterocycles. The lowest BCUT2D eigenvalue weighted by molar-refractivity contribution is -0.143. The van der Waals surface area contributed by atoms with Crippen molar-refractivity contribution in [1.29, 1.82) is 0 Å². The molecule has 0 bridgehead atoms. The third-order valence-corrected chi connectivity index (χ3v) is 3.55. The number of halogens is 6. The van der Waals surface area contributed by atoms with Gasteiger partial charge in [-0.25, -0.2) is 4.98 Å². The maximum Gasteiger partial charge on any atom is 0.416 e. The van der Waals surface area contributed by atoms with E-state index in [1.807, 2.05) is 0 Å². The second-order valence-corrected chi connectivity index (χ2v) is 5.85. The molecule has 166 valence electrons. The van der Waals surface area contributed by atoms with Gasteiger partial charge in [0.15, 0.2) is 11.7 Å². The average Bonchev–Trinajstić information content (AvgIpc) is 2.70. The van der Waals surface area contributed by atoms with Crippen molar-refractivity contribution in [3.63, 3.8) is 0 Å². The van der Waals surface area contributed by atoms with Crippen LogP contribution in [0, 0.1) is 0 Å². The Morgan fingerprint density at radius 2 is 1.71 bits per heavy atom. The Morgan fingerprint density at radius 3 is 2.23 bits per heavy atom. The van der Waals surface area contributed by atoms with Crippen LogP contribution in [0.5, 0.6) is 0 Å². The molecule has 4 N–H and O–H groups in total. The first kappa shape index (κ1) is 23.4. The summed E-state index contributed by atoms with van der Waals surface area (Å²) in [6.07, 6.45) is -3.87. The fraction of sp³-hybridized carbons (Fsp3) is 0.176. The van der Waals surface area contributed by atoms with Crippen LogP contribution < -0.4 is 21.6 Å². The van der Waals surface area contributed by atoms with Crippen LogP contribution in [0.1, 0.15) is 16.7 Å². The summed E-state index contributed by atoms with van der Waals surface area (Å²) < 4.78 is 77.3. The Balaban J connectivity index is 2.08. The first-order valence-electron chi connectivity index (χ1n) is 8.23. The molecule has 0 spiro atoms. The lowest BCUT2D eigenvalue weighted by atomic mass is 10.0. The molecule has 0 radical (unpaired) electrons. The molecule has 0 saturated carbocycles. The molecule has 0 aliphatic heterocycles. The number of hydrogen-bond acceptors (Lipinski definition) is 6. The van der Waals surface area contributed by atoms with Crippen molar-refractivity contribution in [2.24, 2.45) is 10.8 Å². The van der Waals surface area contributed by atoms with E-state index >= 15 is 0 Å². The van der Waals surface area contributed by atoms with Crippen molar-refractivity contribution in [1.82, 2.24) is 20.8 Å². The van der Waals surface area contributed by atoms with E-state index in [1.165, 1.54) is 30.6 Å². The Hall–Kier alpha value is -3.84. The van der Waals surface area contributed by atoms with Gasteiger partial charge in [-0.2, -0.15) is 31.4 Å². The van der Waals surface area contributed by atoms with E-state index in [-0.39, 0.29) is 6.07 Å². The molecule has 14 heteroatoms. The lowest BCUT2D eigenvalue weighted by Crippen LogP contribution is -2.39. The van der Waals surface area contributed by atoms with Gasteiger partial charge in [-0.3, -0.25) is 25.6 Å². The van der Waals surface area contributed by atoms with Crippen molar-refractivity contribution in [3.8, 4) is 0 Å². The molecule has 1 aromatic carbocycles. The smallest absolute Gasteiger partial charge is 0.382 e. The molecule has 2 aromatic rings. The van der Waals surface area contributed by atoms with Crippen LogP contribution >= 0.6 is 0 Å². The molecular formula is C17H15F6N7O. The number of benzene rings is 1. The number of aromatic nitrogens is 2. The predicted molar refractivity (Wildman–Crippen MR) is 98.0 cm³/mol. The zero-order chi connectivity index (χ0) is 23.2. The Kier molecular flexibility index (Phi) is 7.04. The fourth-order valence-electron chi connectivity index (χ4n) is 2.11. The van der Waals surface area contributed by atoms with Crippen LogP contribution in [-0.4, -0.2) is 28.8 Å². The van der Waals surface area contributed by atoms with Crippen LogP contribution in [-0.2, 0) is 17.1 Å². The minimum absolute atomic E-state index is 0.0257. The standard InChI is InChI=1S/C17H15F6N7O/c1-30(13-9-25-4-5-26-13)29-14(31)2-3-27-28-15(24)10-6-11(16(18,19)20)8-12(7-10)17(21,22)23/h2-9,27H,1H3,(H2,24,28)(H,29,31)/b3-2-. The van der Waals surface area contributed by atoms with E-state index in [0.29, 0.717) is 18.0 Å². The number of amides is 1. The van der Waals surface area contributed by atoms with Crippen molar-refractivity contribution in [2.75, 3.05) is 12.1 Å². The number of amidine groups is 1. The van der Waals surface area contributed by atoms with E-state index in [2.05, 4.69) is 25.9 Å². The molecule has 31 heavy (non-hydrogen) atoms. The quantitative estimate of drug-likeness (QED) is 0.206. The number of carbonyl (C=O) groups is 1. The van der Waals surface area contributed by atoms with Crippen molar-refractivity contribution in [2.45, 2.75) is 12.4 Å². The number of rotatable bonds is 6. The SMILES string of the molecule is CN(NC(=O)/C=C\N/N=C(\N)c1cc(C(F)(F)F)cc(C(F)(F)F)c1)c1cnccn1. The average molecular weight is 447 g/mol. The molecule has 0 fully saturated rings. The topological polar surface area (TPSA) is 109 Å². The summed E-state index contributed by atoms with van der Waals surface area (Å²) in [4.78, 5) is 19.6. The minimum atomic E-state index is -5.02. The highest BCUT2D eigenvalue weighted by Crippen LogP contribution is 2.36. The number of nitrogens with zero attached hydrogens (tertiary/aromatic N) is 4. The molecule has 8 nitrogen and oxygen atoms in total. The molecule has 1 aromatic heterocycles. The number of hydrogen-bond donors (Lipinski definition) is 3. The fourth-order valence-corrected chi connectivity index (χ4v) is 2.11. The number of nitrogens with two attached hydrogens (primary N) is 1. The first-order chi connectivity index (χ1) is 14.4. The molecule has 1 amide bonds. The van der Waals surface area contributed by atoms with Crippen LogP contribution in [0.15, 0.2) is 54.2 Å².